The van der Waals surface area contributed by atoms with Gasteiger partial charge in [-0.3, -0.25) is 4.79 Å². The number of benzene rings is 1. The lowest BCUT2D eigenvalue weighted by molar-refractivity contribution is -0.118. The first-order valence-corrected chi connectivity index (χ1v) is 6.24. The van der Waals surface area contributed by atoms with Gasteiger partial charge in [0.1, 0.15) is 0 Å². The minimum atomic E-state index is 0.0110. The number of hydrogen-bond acceptors (Lipinski definition) is 2. The molecule has 17 heavy (non-hydrogen) atoms. The summed E-state index contributed by atoms with van der Waals surface area (Å²) in [5.41, 5.74) is 2.07. The van der Waals surface area contributed by atoms with Crippen molar-refractivity contribution in [1.29, 1.82) is 0 Å². The molecule has 0 saturated heterocycles. The predicted molar refractivity (Wildman–Crippen MR) is 71.9 cm³/mol. The van der Waals surface area contributed by atoms with E-state index in [4.69, 9.17) is 0 Å². The molecule has 0 saturated carbocycles. The second-order valence-corrected chi connectivity index (χ2v) is 4.52. The van der Waals surface area contributed by atoms with E-state index in [1.54, 1.807) is 0 Å². The summed E-state index contributed by atoms with van der Waals surface area (Å²) < 4.78 is 0. The molecule has 1 aromatic carbocycles. The summed E-state index contributed by atoms with van der Waals surface area (Å²) in [4.78, 5) is 11.6. The van der Waals surface area contributed by atoms with E-state index in [1.165, 1.54) is 5.56 Å². The quantitative estimate of drug-likeness (QED) is 0.743. The van der Waals surface area contributed by atoms with Crippen LogP contribution in [0.5, 0.6) is 0 Å². The van der Waals surface area contributed by atoms with Crippen molar-refractivity contribution in [3.05, 3.63) is 29.8 Å². The van der Waals surface area contributed by atoms with Crippen LogP contribution < -0.4 is 10.6 Å². The van der Waals surface area contributed by atoms with E-state index in [2.05, 4.69) is 23.6 Å². The topological polar surface area (TPSA) is 41.1 Å². The third-order valence-corrected chi connectivity index (χ3v) is 2.47. The summed E-state index contributed by atoms with van der Waals surface area (Å²) in [5.74, 6) is 0.0699. The van der Waals surface area contributed by atoms with Crippen LogP contribution in [0.1, 0.15) is 32.8 Å². The molecule has 1 amide bonds. The average molecular weight is 234 g/mol. The molecule has 0 aliphatic carbocycles. The molecule has 1 aromatic rings. The van der Waals surface area contributed by atoms with Crippen molar-refractivity contribution in [2.24, 2.45) is 5.92 Å². The van der Waals surface area contributed by atoms with Gasteiger partial charge < -0.3 is 10.6 Å². The van der Waals surface area contributed by atoms with Crippen LogP contribution in [0.4, 0.5) is 5.69 Å². The number of carbonyl (C=O) groups is 1. The highest BCUT2D eigenvalue weighted by Crippen LogP contribution is 2.11. The van der Waals surface area contributed by atoms with Crippen LogP contribution in [-0.4, -0.2) is 12.5 Å². The Labute approximate surface area is 104 Å². The monoisotopic (exact) mass is 234 g/mol. The van der Waals surface area contributed by atoms with Gasteiger partial charge in [0.05, 0.1) is 0 Å². The van der Waals surface area contributed by atoms with E-state index in [1.807, 2.05) is 32.0 Å². The van der Waals surface area contributed by atoms with E-state index < -0.39 is 0 Å². The van der Waals surface area contributed by atoms with Crippen molar-refractivity contribution < 1.29 is 4.79 Å². The molecular formula is C14H22N2O. The molecule has 2 N–H and O–H groups in total. The lowest BCUT2D eigenvalue weighted by atomic mass is 10.1. The van der Waals surface area contributed by atoms with Crippen molar-refractivity contribution >= 4 is 11.6 Å². The molecule has 0 radical (unpaired) electrons. The second-order valence-electron chi connectivity index (χ2n) is 4.52. The van der Waals surface area contributed by atoms with Crippen molar-refractivity contribution in [3.63, 3.8) is 0 Å². The van der Waals surface area contributed by atoms with Crippen LogP contribution in [0.2, 0.25) is 0 Å². The highest BCUT2D eigenvalue weighted by Gasteiger charge is 2.06. The van der Waals surface area contributed by atoms with Crippen molar-refractivity contribution in [1.82, 2.24) is 5.32 Å². The Hall–Kier alpha value is -1.35. The van der Waals surface area contributed by atoms with E-state index in [-0.39, 0.29) is 11.8 Å². The fraction of sp³-hybridized carbons (Fsp3) is 0.500. The Morgan fingerprint density at radius 3 is 2.76 bits per heavy atom. The van der Waals surface area contributed by atoms with Gasteiger partial charge >= 0.3 is 0 Å². The molecule has 0 aliphatic rings. The van der Waals surface area contributed by atoms with E-state index >= 15 is 0 Å². The fourth-order valence-corrected chi connectivity index (χ4v) is 1.46. The van der Waals surface area contributed by atoms with Crippen molar-refractivity contribution in [2.45, 2.75) is 33.7 Å². The van der Waals surface area contributed by atoms with Gasteiger partial charge in [0.2, 0.25) is 5.91 Å². The number of nitrogens with one attached hydrogen (secondary N) is 2. The Morgan fingerprint density at radius 2 is 2.12 bits per heavy atom. The zero-order chi connectivity index (χ0) is 12.7. The maximum atomic E-state index is 11.6. The van der Waals surface area contributed by atoms with Crippen molar-refractivity contribution in [2.75, 3.05) is 11.9 Å². The summed E-state index contributed by atoms with van der Waals surface area (Å²) in [6.07, 6.45) is 1.13. The Kier molecular flexibility index (Phi) is 5.70. The van der Waals surface area contributed by atoms with Crippen LogP contribution in [0.25, 0.3) is 0 Å². The third kappa shape index (κ3) is 5.00. The van der Waals surface area contributed by atoms with Crippen LogP contribution in [-0.2, 0) is 11.3 Å². The smallest absolute Gasteiger partial charge is 0.226 e. The van der Waals surface area contributed by atoms with E-state index in [0.717, 1.165) is 25.2 Å². The van der Waals surface area contributed by atoms with Gasteiger partial charge in [0, 0.05) is 18.2 Å². The minimum Gasteiger partial charge on any atom is -0.326 e. The molecule has 0 aromatic heterocycles. The summed E-state index contributed by atoms with van der Waals surface area (Å²) in [5, 5.41) is 6.25. The van der Waals surface area contributed by atoms with Gasteiger partial charge in [0.25, 0.3) is 0 Å². The molecule has 94 valence electrons. The molecule has 0 spiro atoms. The molecule has 0 heterocycles. The van der Waals surface area contributed by atoms with Gasteiger partial charge in [-0.05, 0) is 30.7 Å². The van der Waals surface area contributed by atoms with E-state index in [0.29, 0.717) is 0 Å². The van der Waals surface area contributed by atoms with Gasteiger partial charge in [-0.25, -0.2) is 0 Å². The Bertz CT molecular complexity index is 361. The third-order valence-electron chi connectivity index (χ3n) is 2.47. The Balaban J connectivity index is 2.56. The van der Waals surface area contributed by atoms with Crippen LogP contribution in [0.3, 0.4) is 0 Å². The SMILES string of the molecule is CCCNCc1cccc(NC(=O)C(C)C)c1. The average Bonchev–Trinajstić information content (AvgIpc) is 2.30. The molecule has 3 nitrogen and oxygen atoms in total. The summed E-state index contributed by atoms with van der Waals surface area (Å²) in [7, 11) is 0. The highest BCUT2D eigenvalue weighted by atomic mass is 16.1. The van der Waals surface area contributed by atoms with Crippen LogP contribution >= 0.6 is 0 Å². The maximum absolute atomic E-state index is 11.6. The summed E-state index contributed by atoms with van der Waals surface area (Å²) >= 11 is 0. The highest BCUT2D eigenvalue weighted by molar-refractivity contribution is 5.92. The molecule has 0 atom stereocenters. The normalized spacial score (nSPS) is 10.6. The standard InChI is InChI=1S/C14H22N2O/c1-4-8-15-10-12-6-5-7-13(9-12)16-14(17)11(2)3/h5-7,9,11,15H,4,8,10H2,1-3H3,(H,16,17). The fourth-order valence-electron chi connectivity index (χ4n) is 1.46. The first-order chi connectivity index (χ1) is 8.13. The molecule has 0 unspecified atom stereocenters. The molecule has 0 fully saturated rings. The number of rotatable bonds is 6. The summed E-state index contributed by atoms with van der Waals surface area (Å²) in [6.45, 7) is 7.79. The van der Waals surface area contributed by atoms with Gasteiger partial charge in [0.15, 0.2) is 0 Å². The van der Waals surface area contributed by atoms with Crippen molar-refractivity contribution in [3.8, 4) is 0 Å². The lowest BCUT2D eigenvalue weighted by Crippen LogP contribution is -2.18. The Morgan fingerprint density at radius 1 is 1.35 bits per heavy atom. The number of amides is 1. The summed E-state index contributed by atoms with van der Waals surface area (Å²) in [6, 6.07) is 7.97. The second kappa shape index (κ2) is 7.07. The number of anilines is 1. The van der Waals surface area contributed by atoms with Gasteiger partial charge in [-0.2, -0.15) is 0 Å². The molecule has 1 rings (SSSR count). The maximum Gasteiger partial charge on any atom is 0.226 e. The first kappa shape index (κ1) is 13.7. The zero-order valence-corrected chi connectivity index (χ0v) is 10.9. The van der Waals surface area contributed by atoms with E-state index in [9.17, 15) is 4.79 Å². The van der Waals surface area contributed by atoms with Crippen LogP contribution in [0.15, 0.2) is 24.3 Å². The molecule has 0 bridgehead atoms. The van der Waals surface area contributed by atoms with Gasteiger partial charge in [-0.15, -0.1) is 0 Å². The van der Waals surface area contributed by atoms with Crippen LogP contribution in [0, 0.1) is 5.92 Å². The number of carbonyl (C=O) groups excluding carboxylic acids is 1. The largest absolute Gasteiger partial charge is 0.326 e. The van der Waals surface area contributed by atoms with Gasteiger partial charge in [-0.1, -0.05) is 32.9 Å². The molecular weight excluding hydrogens is 212 g/mol. The lowest BCUT2D eigenvalue weighted by Gasteiger charge is -2.09. The minimum absolute atomic E-state index is 0.0110. The predicted octanol–water partition coefficient (Wildman–Crippen LogP) is 2.78. The molecule has 0 aliphatic heterocycles. The zero-order valence-electron chi connectivity index (χ0n) is 10.9. The molecule has 3 heteroatoms. The number of hydrogen-bond donors (Lipinski definition) is 2. The first-order valence-electron chi connectivity index (χ1n) is 6.24.